The van der Waals surface area contributed by atoms with Gasteiger partial charge in [0.15, 0.2) is 5.78 Å². The molecule has 4 heteroatoms. The highest BCUT2D eigenvalue weighted by Gasteiger charge is 2.27. The van der Waals surface area contributed by atoms with E-state index >= 15 is 0 Å². The number of nitrogens with one attached hydrogen (secondary N) is 1. The topological polar surface area (TPSA) is 70.2 Å². The van der Waals surface area contributed by atoms with E-state index in [1.807, 2.05) is 25.1 Å². The molecule has 20 heavy (non-hydrogen) atoms. The third-order valence-electron chi connectivity index (χ3n) is 3.48. The molecule has 0 saturated carbocycles. The van der Waals surface area contributed by atoms with Crippen molar-refractivity contribution in [2.45, 2.75) is 33.6 Å². The first-order valence-electron chi connectivity index (χ1n) is 6.62. The van der Waals surface area contributed by atoms with Gasteiger partial charge in [-0.1, -0.05) is 26.0 Å². The second kappa shape index (κ2) is 5.12. The van der Waals surface area contributed by atoms with Gasteiger partial charge in [-0.25, -0.2) is 0 Å². The van der Waals surface area contributed by atoms with E-state index in [1.165, 1.54) is 0 Å². The van der Waals surface area contributed by atoms with Gasteiger partial charge in [-0.3, -0.25) is 9.59 Å². The molecular weight excluding hydrogens is 254 g/mol. The molecule has 1 aromatic carbocycles. The molecule has 4 nitrogen and oxygen atoms in total. The lowest BCUT2D eigenvalue weighted by Gasteiger charge is -2.21. The standard InChI is InChI=1S/C16H19NO3/c1-10-5-4-6-12-15(10)11(9-17-12)13(18)7-16(2,3)8-14(19)20/h4-6,9,17H,7-8H2,1-3H3,(H,19,20). The summed E-state index contributed by atoms with van der Waals surface area (Å²) < 4.78 is 0. The lowest BCUT2D eigenvalue weighted by Crippen LogP contribution is -2.21. The van der Waals surface area contributed by atoms with Gasteiger partial charge in [-0.2, -0.15) is 0 Å². The van der Waals surface area contributed by atoms with E-state index in [-0.39, 0.29) is 18.6 Å². The lowest BCUT2D eigenvalue weighted by molar-refractivity contribution is -0.139. The van der Waals surface area contributed by atoms with Gasteiger partial charge in [0.1, 0.15) is 0 Å². The number of aromatic nitrogens is 1. The zero-order valence-corrected chi connectivity index (χ0v) is 12.0. The maximum Gasteiger partial charge on any atom is 0.303 e. The number of carbonyl (C=O) groups is 2. The first-order valence-corrected chi connectivity index (χ1v) is 6.62. The maximum absolute atomic E-state index is 12.5. The number of carbonyl (C=O) groups excluding carboxylic acids is 1. The van der Waals surface area contributed by atoms with Gasteiger partial charge in [-0.15, -0.1) is 0 Å². The van der Waals surface area contributed by atoms with Gasteiger partial charge in [-0.05, 0) is 24.0 Å². The minimum Gasteiger partial charge on any atom is -0.481 e. The molecule has 0 saturated heterocycles. The molecular formula is C16H19NO3. The van der Waals surface area contributed by atoms with Crippen LogP contribution in [0.15, 0.2) is 24.4 Å². The lowest BCUT2D eigenvalue weighted by atomic mass is 9.82. The fourth-order valence-electron chi connectivity index (χ4n) is 2.59. The zero-order chi connectivity index (χ0) is 14.9. The monoisotopic (exact) mass is 273 g/mol. The quantitative estimate of drug-likeness (QED) is 0.818. The summed E-state index contributed by atoms with van der Waals surface area (Å²) in [6, 6.07) is 5.84. The molecule has 0 spiro atoms. The molecule has 0 aliphatic carbocycles. The second-order valence-electron chi connectivity index (χ2n) is 6.03. The summed E-state index contributed by atoms with van der Waals surface area (Å²) in [5, 5.41) is 9.82. The Morgan fingerprint density at radius 1 is 1.25 bits per heavy atom. The van der Waals surface area contributed by atoms with Crippen LogP contribution in [0.1, 0.15) is 42.6 Å². The molecule has 2 aromatic rings. The van der Waals surface area contributed by atoms with Crippen molar-refractivity contribution in [2.75, 3.05) is 0 Å². The number of H-pyrrole nitrogens is 1. The van der Waals surface area contributed by atoms with Gasteiger partial charge >= 0.3 is 5.97 Å². The van der Waals surface area contributed by atoms with Crippen molar-refractivity contribution < 1.29 is 14.7 Å². The smallest absolute Gasteiger partial charge is 0.303 e. The van der Waals surface area contributed by atoms with Crippen LogP contribution in [0, 0.1) is 12.3 Å². The number of fused-ring (bicyclic) bond motifs is 1. The van der Waals surface area contributed by atoms with Crippen molar-refractivity contribution >= 4 is 22.7 Å². The van der Waals surface area contributed by atoms with Crippen LogP contribution in [0.3, 0.4) is 0 Å². The van der Waals surface area contributed by atoms with Crippen LogP contribution in [0.5, 0.6) is 0 Å². The average molecular weight is 273 g/mol. The van der Waals surface area contributed by atoms with Crippen molar-refractivity contribution in [1.29, 1.82) is 0 Å². The number of hydrogen-bond donors (Lipinski definition) is 2. The number of carboxylic acid groups (broad SMARTS) is 1. The van der Waals surface area contributed by atoms with Crippen molar-refractivity contribution in [3.63, 3.8) is 0 Å². The maximum atomic E-state index is 12.5. The fraction of sp³-hybridized carbons (Fsp3) is 0.375. The van der Waals surface area contributed by atoms with E-state index in [4.69, 9.17) is 5.11 Å². The molecule has 1 heterocycles. The predicted octanol–water partition coefficient (Wildman–Crippen LogP) is 3.55. The summed E-state index contributed by atoms with van der Waals surface area (Å²) in [5.74, 6) is -0.894. The Morgan fingerprint density at radius 3 is 2.60 bits per heavy atom. The molecule has 0 bridgehead atoms. The van der Waals surface area contributed by atoms with Crippen molar-refractivity contribution in [1.82, 2.24) is 4.98 Å². The zero-order valence-electron chi connectivity index (χ0n) is 12.0. The highest BCUT2D eigenvalue weighted by Crippen LogP contribution is 2.30. The van der Waals surface area contributed by atoms with Gasteiger partial charge < -0.3 is 10.1 Å². The normalized spacial score (nSPS) is 11.8. The summed E-state index contributed by atoms with van der Waals surface area (Å²) in [6.07, 6.45) is 1.93. The summed E-state index contributed by atoms with van der Waals surface area (Å²) in [5.41, 5.74) is 2.08. The van der Waals surface area contributed by atoms with Crippen LogP contribution >= 0.6 is 0 Å². The molecule has 0 unspecified atom stereocenters. The predicted molar refractivity (Wildman–Crippen MR) is 78.0 cm³/mol. The third kappa shape index (κ3) is 2.90. The number of carboxylic acids is 1. The molecule has 0 atom stereocenters. The molecule has 2 rings (SSSR count). The first-order chi connectivity index (χ1) is 9.30. The Bertz CT molecular complexity index is 667. The third-order valence-corrected chi connectivity index (χ3v) is 3.48. The van der Waals surface area contributed by atoms with Crippen LogP contribution in [0.2, 0.25) is 0 Å². The highest BCUT2D eigenvalue weighted by atomic mass is 16.4. The SMILES string of the molecule is Cc1cccc2[nH]cc(C(=O)CC(C)(C)CC(=O)O)c12. The molecule has 0 radical (unpaired) electrons. The number of aryl methyl sites for hydroxylation is 1. The summed E-state index contributed by atoms with van der Waals surface area (Å²) in [4.78, 5) is 26.4. The van der Waals surface area contributed by atoms with Gasteiger partial charge in [0.25, 0.3) is 0 Å². The Morgan fingerprint density at radius 2 is 1.95 bits per heavy atom. The molecule has 0 amide bonds. The Labute approximate surface area is 117 Å². The number of rotatable bonds is 5. The Hall–Kier alpha value is -2.10. The van der Waals surface area contributed by atoms with Gasteiger partial charge in [0.2, 0.25) is 0 Å². The Balaban J connectivity index is 2.31. The van der Waals surface area contributed by atoms with Crippen molar-refractivity contribution in [2.24, 2.45) is 5.41 Å². The van der Waals surface area contributed by atoms with Gasteiger partial charge in [0, 0.05) is 29.1 Å². The van der Waals surface area contributed by atoms with Crippen LogP contribution in [-0.2, 0) is 4.79 Å². The molecule has 2 N–H and O–H groups in total. The fourth-order valence-corrected chi connectivity index (χ4v) is 2.59. The summed E-state index contributed by atoms with van der Waals surface area (Å²) in [6.45, 7) is 5.58. The van der Waals surface area contributed by atoms with Gasteiger partial charge in [0.05, 0.1) is 6.42 Å². The van der Waals surface area contributed by atoms with Crippen molar-refractivity contribution in [3.05, 3.63) is 35.5 Å². The second-order valence-corrected chi connectivity index (χ2v) is 6.03. The number of benzene rings is 1. The van der Waals surface area contributed by atoms with Crippen LogP contribution in [-0.4, -0.2) is 21.8 Å². The molecule has 0 fully saturated rings. The van der Waals surface area contributed by atoms with E-state index in [0.717, 1.165) is 16.5 Å². The Kier molecular flexibility index (Phi) is 3.66. The van der Waals surface area contributed by atoms with E-state index in [1.54, 1.807) is 20.0 Å². The highest BCUT2D eigenvalue weighted by molar-refractivity contribution is 6.09. The molecule has 0 aliphatic heterocycles. The molecule has 1 aromatic heterocycles. The van der Waals surface area contributed by atoms with E-state index in [2.05, 4.69) is 4.98 Å². The minimum atomic E-state index is -0.877. The van der Waals surface area contributed by atoms with Crippen LogP contribution in [0.4, 0.5) is 0 Å². The van der Waals surface area contributed by atoms with Crippen LogP contribution < -0.4 is 0 Å². The summed E-state index contributed by atoms with van der Waals surface area (Å²) in [7, 11) is 0. The first kappa shape index (κ1) is 14.3. The number of aromatic amines is 1. The largest absolute Gasteiger partial charge is 0.481 e. The summed E-state index contributed by atoms with van der Waals surface area (Å²) >= 11 is 0. The van der Waals surface area contributed by atoms with Crippen LogP contribution in [0.25, 0.3) is 10.9 Å². The number of Topliss-reactive ketones (excluding diaryl/α,β-unsaturated/α-hetero) is 1. The number of hydrogen-bond acceptors (Lipinski definition) is 2. The van der Waals surface area contributed by atoms with E-state index in [0.29, 0.717) is 5.56 Å². The minimum absolute atomic E-state index is 0.0138. The number of aliphatic carboxylic acids is 1. The van der Waals surface area contributed by atoms with E-state index in [9.17, 15) is 9.59 Å². The molecule has 0 aliphatic rings. The number of ketones is 1. The molecule has 106 valence electrons. The van der Waals surface area contributed by atoms with Crippen molar-refractivity contribution in [3.8, 4) is 0 Å². The van der Waals surface area contributed by atoms with E-state index < -0.39 is 11.4 Å². The average Bonchev–Trinajstić information content (AvgIpc) is 2.71.